The number of aryl methyl sites for hydroxylation is 1. The predicted octanol–water partition coefficient (Wildman–Crippen LogP) is 2.75. The number of hydrogen-bond donors (Lipinski definition) is 1. The standard InChI is InChI=1S/C13H16N2OS/c1-10-15-12(9-17-10)8-14-7-11-3-5-13(16-2)6-4-11/h3-6,9,14H,7-8H2,1-2H3. The Balaban J connectivity index is 1.81. The van der Waals surface area contributed by atoms with Crippen LogP contribution in [-0.2, 0) is 13.1 Å². The molecule has 1 heterocycles. The Bertz CT molecular complexity index is 465. The van der Waals surface area contributed by atoms with Crippen molar-refractivity contribution in [1.82, 2.24) is 10.3 Å². The Morgan fingerprint density at radius 1 is 1.24 bits per heavy atom. The normalized spacial score (nSPS) is 10.5. The van der Waals surface area contributed by atoms with Gasteiger partial charge in [0.15, 0.2) is 0 Å². The maximum atomic E-state index is 5.12. The quantitative estimate of drug-likeness (QED) is 0.883. The highest BCUT2D eigenvalue weighted by Crippen LogP contribution is 2.11. The molecule has 0 radical (unpaired) electrons. The van der Waals surface area contributed by atoms with E-state index in [9.17, 15) is 0 Å². The van der Waals surface area contributed by atoms with Gasteiger partial charge in [-0.2, -0.15) is 0 Å². The average molecular weight is 248 g/mol. The molecule has 0 aliphatic heterocycles. The van der Waals surface area contributed by atoms with Crippen LogP contribution in [0.15, 0.2) is 29.6 Å². The van der Waals surface area contributed by atoms with Crippen molar-refractivity contribution in [3.8, 4) is 5.75 Å². The average Bonchev–Trinajstić information content (AvgIpc) is 2.76. The minimum atomic E-state index is 0.816. The summed E-state index contributed by atoms with van der Waals surface area (Å²) in [6.45, 7) is 3.69. The zero-order chi connectivity index (χ0) is 12.1. The number of nitrogens with one attached hydrogen (secondary N) is 1. The van der Waals surface area contributed by atoms with Crippen LogP contribution in [0, 0.1) is 6.92 Å². The number of ether oxygens (including phenoxy) is 1. The molecule has 0 aliphatic carbocycles. The molecule has 0 fully saturated rings. The van der Waals surface area contributed by atoms with Crippen molar-refractivity contribution < 1.29 is 4.74 Å². The molecule has 17 heavy (non-hydrogen) atoms. The first-order valence-corrected chi connectivity index (χ1v) is 6.40. The van der Waals surface area contributed by atoms with E-state index in [-0.39, 0.29) is 0 Å². The Morgan fingerprint density at radius 3 is 2.59 bits per heavy atom. The highest BCUT2D eigenvalue weighted by atomic mass is 32.1. The SMILES string of the molecule is COc1ccc(CNCc2csc(C)n2)cc1. The van der Waals surface area contributed by atoms with Crippen LogP contribution in [0.1, 0.15) is 16.3 Å². The third-order valence-electron chi connectivity index (χ3n) is 2.46. The van der Waals surface area contributed by atoms with Crippen molar-refractivity contribution in [3.05, 3.63) is 45.9 Å². The second-order valence-electron chi connectivity index (χ2n) is 3.81. The van der Waals surface area contributed by atoms with E-state index in [0.717, 1.165) is 29.5 Å². The van der Waals surface area contributed by atoms with E-state index in [1.165, 1.54) is 5.56 Å². The Morgan fingerprint density at radius 2 is 2.00 bits per heavy atom. The monoisotopic (exact) mass is 248 g/mol. The van der Waals surface area contributed by atoms with Gasteiger partial charge in [0, 0.05) is 18.5 Å². The minimum Gasteiger partial charge on any atom is -0.497 e. The van der Waals surface area contributed by atoms with E-state index in [0.29, 0.717) is 0 Å². The lowest BCUT2D eigenvalue weighted by molar-refractivity contribution is 0.414. The molecule has 0 saturated heterocycles. The molecule has 0 atom stereocenters. The summed E-state index contributed by atoms with van der Waals surface area (Å²) in [6, 6.07) is 8.09. The summed E-state index contributed by atoms with van der Waals surface area (Å²) in [6.07, 6.45) is 0. The molecule has 0 aliphatic rings. The van der Waals surface area contributed by atoms with Crippen molar-refractivity contribution in [2.24, 2.45) is 0 Å². The van der Waals surface area contributed by atoms with Crippen LogP contribution in [0.5, 0.6) is 5.75 Å². The Hall–Kier alpha value is -1.39. The lowest BCUT2D eigenvalue weighted by Gasteiger charge is -2.04. The van der Waals surface area contributed by atoms with E-state index in [1.807, 2.05) is 19.1 Å². The van der Waals surface area contributed by atoms with E-state index >= 15 is 0 Å². The molecule has 0 amide bonds. The molecule has 1 aromatic carbocycles. The fourth-order valence-corrected chi connectivity index (χ4v) is 2.18. The molecule has 1 aromatic heterocycles. The van der Waals surface area contributed by atoms with Gasteiger partial charge in [0.2, 0.25) is 0 Å². The second kappa shape index (κ2) is 5.80. The number of nitrogens with zero attached hydrogens (tertiary/aromatic N) is 1. The largest absolute Gasteiger partial charge is 0.497 e. The van der Waals surface area contributed by atoms with Gasteiger partial charge in [0.1, 0.15) is 5.75 Å². The minimum absolute atomic E-state index is 0.816. The van der Waals surface area contributed by atoms with E-state index < -0.39 is 0 Å². The molecule has 2 aromatic rings. The number of thiazole rings is 1. The third-order valence-corrected chi connectivity index (χ3v) is 3.28. The Kier molecular flexibility index (Phi) is 4.12. The molecule has 3 nitrogen and oxygen atoms in total. The van der Waals surface area contributed by atoms with Gasteiger partial charge in [-0.15, -0.1) is 11.3 Å². The number of methoxy groups -OCH3 is 1. The summed E-state index contributed by atoms with van der Waals surface area (Å²) >= 11 is 1.69. The van der Waals surface area contributed by atoms with Crippen LogP contribution < -0.4 is 10.1 Å². The van der Waals surface area contributed by atoms with Crippen LogP contribution in [0.2, 0.25) is 0 Å². The van der Waals surface area contributed by atoms with Crippen LogP contribution >= 0.6 is 11.3 Å². The lowest BCUT2D eigenvalue weighted by atomic mass is 10.2. The highest BCUT2D eigenvalue weighted by molar-refractivity contribution is 7.09. The van der Waals surface area contributed by atoms with Crippen LogP contribution in [0.3, 0.4) is 0 Å². The molecule has 0 bridgehead atoms. The molecule has 2 rings (SSSR count). The van der Waals surface area contributed by atoms with Crippen molar-refractivity contribution in [1.29, 1.82) is 0 Å². The molecular weight excluding hydrogens is 232 g/mol. The van der Waals surface area contributed by atoms with Crippen molar-refractivity contribution in [2.75, 3.05) is 7.11 Å². The lowest BCUT2D eigenvalue weighted by Crippen LogP contribution is -2.12. The van der Waals surface area contributed by atoms with Gasteiger partial charge in [-0.05, 0) is 24.6 Å². The van der Waals surface area contributed by atoms with E-state index in [2.05, 4.69) is 27.8 Å². The van der Waals surface area contributed by atoms with Gasteiger partial charge >= 0.3 is 0 Å². The fraction of sp³-hybridized carbons (Fsp3) is 0.308. The number of hydrogen-bond acceptors (Lipinski definition) is 4. The molecule has 1 N–H and O–H groups in total. The summed E-state index contributed by atoms with van der Waals surface area (Å²) in [5.74, 6) is 0.892. The highest BCUT2D eigenvalue weighted by Gasteiger charge is 1.98. The maximum Gasteiger partial charge on any atom is 0.118 e. The zero-order valence-electron chi connectivity index (χ0n) is 10.1. The maximum absolute atomic E-state index is 5.12. The first-order valence-electron chi connectivity index (χ1n) is 5.52. The first-order chi connectivity index (χ1) is 8.28. The molecule has 0 saturated carbocycles. The van der Waals surface area contributed by atoms with Crippen molar-refractivity contribution in [3.63, 3.8) is 0 Å². The van der Waals surface area contributed by atoms with Crippen LogP contribution in [0.4, 0.5) is 0 Å². The van der Waals surface area contributed by atoms with Gasteiger partial charge in [0.25, 0.3) is 0 Å². The van der Waals surface area contributed by atoms with Gasteiger partial charge in [0.05, 0.1) is 17.8 Å². The van der Waals surface area contributed by atoms with Gasteiger partial charge in [-0.25, -0.2) is 4.98 Å². The predicted molar refractivity (Wildman–Crippen MR) is 70.4 cm³/mol. The number of rotatable bonds is 5. The number of aromatic nitrogens is 1. The fourth-order valence-electron chi connectivity index (χ4n) is 1.57. The van der Waals surface area contributed by atoms with Gasteiger partial charge in [-0.1, -0.05) is 12.1 Å². The second-order valence-corrected chi connectivity index (χ2v) is 4.87. The summed E-state index contributed by atoms with van der Waals surface area (Å²) in [4.78, 5) is 4.41. The number of benzene rings is 1. The Labute approximate surface area is 105 Å². The third kappa shape index (κ3) is 3.54. The summed E-state index contributed by atoms with van der Waals surface area (Å²) in [5, 5.41) is 6.58. The summed E-state index contributed by atoms with van der Waals surface area (Å²) in [7, 11) is 1.68. The van der Waals surface area contributed by atoms with Crippen molar-refractivity contribution >= 4 is 11.3 Å². The van der Waals surface area contributed by atoms with Crippen molar-refractivity contribution in [2.45, 2.75) is 20.0 Å². The molecule has 0 unspecified atom stereocenters. The van der Waals surface area contributed by atoms with Crippen LogP contribution in [0.25, 0.3) is 0 Å². The molecule has 4 heteroatoms. The van der Waals surface area contributed by atoms with Gasteiger partial charge in [-0.3, -0.25) is 0 Å². The zero-order valence-corrected chi connectivity index (χ0v) is 10.9. The van der Waals surface area contributed by atoms with Crippen LogP contribution in [-0.4, -0.2) is 12.1 Å². The summed E-state index contributed by atoms with van der Waals surface area (Å²) in [5.41, 5.74) is 2.36. The van der Waals surface area contributed by atoms with Gasteiger partial charge < -0.3 is 10.1 Å². The topological polar surface area (TPSA) is 34.1 Å². The summed E-state index contributed by atoms with van der Waals surface area (Å²) < 4.78 is 5.12. The van der Waals surface area contributed by atoms with E-state index in [4.69, 9.17) is 4.74 Å². The molecule has 0 spiro atoms. The first kappa shape index (κ1) is 12.1. The molecular formula is C13H16N2OS. The smallest absolute Gasteiger partial charge is 0.118 e. The van der Waals surface area contributed by atoms with E-state index in [1.54, 1.807) is 18.4 Å². The molecule has 90 valence electrons.